The SMILES string of the molecule is Nc1c(=O)[nH]cc2sccc12. The number of hydrogen-bond donors (Lipinski definition) is 2. The van der Waals surface area contributed by atoms with Crippen LogP contribution in [0.3, 0.4) is 0 Å². The molecule has 3 nitrogen and oxygen atoms in total. The molecule has 11 heavy (non-hydrogen) atoms. The number of H-pyrrole nitrogens is 1. The lowest BCUT2D eigenvalue weighted by molar-refractivity contribution is 1.28. The van der Waals surface area contributed by atoms with Crippen LogP contribution in [0.4, 0.5) is 5.69 Å². The highest BCUT2D eigenvalue weighted by molar-refractivity contribution is 7.17. The lowest BCUT2D eigenvalue weighted by Crippen LogP contribution is -2.10. The predicted molar refractivity (Wildman–Crippen MR) is 46.9 cm³/mol. The van der Waals surface area contributed by atoms with Gasteiger partial charge in [0.15, 0.2) is 0 Å². The number of thiophene rings is 1. The molecule has 0 atom stereocenters. The van der Waals surface area contributed by atoms with Crippen molar-refractivity contribution >= 4 is 27.1 Å². The Morgan fingerprint density at radius 3 is 3.18 bits per heavy atom. The van der Waals surface area contributed by atoms with E-state index in [1.807, 2.05) is 11.4 Å². The van der Waals surface area contributed by atoms with Crippen LogP contribution in [0, 0.1) is 0 Å². The van der Waals surface area contributed by atoms with Crippen LogP contribution in [0.25, 0.3) is 10.1 Å². The summed E-state index contributed by atoms with van der Waals surface area (Å²) >= 11 is 1.56. The molecular formula is C7H6N2OS. The van der Waals surface area contributed by atoms with Gasteiger partial charge in [0.1, 0.15) is 5.69 Å². The molecule has 2 aromatic heterocycles. The second kappa shape index (κ2) is 2.10. The molecule has 0 amide bonds. The zero-order valence-corrected chi connectivity index (χ0v) is 6.44. The molecule has 0 spiro atoms. The molecule has 0 fully saturated rings. The van der Waals surface area contributed by atoms with Gasteiger partial charge >= 0.3 is 0 Å². The number of hydrogen-bond acceptors (Lipinski definition) is 3. The molecule has 2 aromatic rings. The average molecular weight is 166 g/mol. The molecule has 0 bridgehead atoms. The van der Waals surface area contributed by atoms with Crippen LogP contribution in [0.15, 0.2) is 22.4 Å². The van der Waals surface area contributed by atoms with E-state index in [1.54, 1.807) is 17.5 Å². The maximum absolute atomic E-state index is 11.0. The third kappa shape index (κ3) is 0.832. The number of rotatable bonds is 0. The monoisotopic (exact) mass is 166 g/mol. The van der Waals surface area contributed by atoms with Gasteiger partial charge in [-0.1, -0.05) is 0 Å². The first kappa shape index (κ1) is 6.42. The first-order valence-corrected chi connectivity index (χ1v) is 4.01. The standard InChI is InChI=1S/C7H6N2OS/c8-6-4-1-2-11-5(4)3-9-7(6)10/h1-3H,8H2,(H,9,10). The lowest BCUT2D eigenvalue weighted by atomic mass is 10.3. The highest BCUT2D eigenvalue weighted by Gasteiger charge is 2.01. The Bertz CT molecular complexity index is 443. The summed E-state index contributed by atoms with van der Waals surface area (Å²) in [5, 5.41) is 2.76. The second-order valence-electron chi connectivity index (χ2n) is 2.23. The van der Waals surface area contributed by atoms with Crippen molar-refractivity contribution in [2.45, 2.75) is 0 Å². The quantitative estimate of drug-likeness (QED) is 0.617. The fourth-order valence-corrected chi connectivity index (χ4v) is 1.77. The van der Waals surface area contributed by atoms with E-state index in [4.69, 9.17) is 5.73 Å². The van der Waals surface area contributed by atoms with E-state index in [2.05, 4.69) is 4.98 Å². The third-order valence-electron chi connectivity index (χ3n) is 1.56. The summed E-state index contributed by atoms with van der Waals surface area (Å²) in [4.78, 5) is 13.5. The van der Waals surface area contributed by atoms with E-state index >= 15 is 0 Å². The highest BCUT2D eigenvalue weighted by Crippen LogP contribution is 2.21. The first-order valence-electron chi connectivity index (χ1n) is 3.13. The van der Waals surface area contributed by atoms with Gasteiger partial charge in [0.25, 0.3) is 5.56 Å². The normalized spacial score (nSPS) is 10.5. The molecule has 4 heteroatoms. The van der Waals surface area contributed by atoms with Crippen LogP contribution in [0.2, 0.25) is 0 Å². The van der Waals surface area contributed by atoms with Crippen molar-refractivity contribution < 1.29 is 0 Å². The minimum absolute atomic E-state index is 0.212. The summed E-state index contributed by atoms with van der Waals surface area (Å²) in [5.74, 6) is 0. The number of aromatic nitrogens is 1. The zero-order valence-electron chi connectivity index (χ0n) is 5.63. The summed E-state index contributed by atoms with van der Waals surface area (Å²) in [6.45, 7) is 0. The van der Waals surface area contributed by atoms with Gasteiger partial charge in [-0.3, -0.25) is 4.79 Å². The number of nitrogen functional groups attached to an aromatic ring is 1. The third-order valence-corrected chi connectivity index (χ3v) is 2.43. The van der Waals surface area contributed by atoms with Crippen molar-refractivity contribution in [3.8, 4) is 0 Å². The topological polar surface area (TPSA) is 58.9 Å². The number of anilines is 1. The van der Waals surface area contributed by atoms with E-state index in [0.29, 0.717) is 5.69 Å². The van der Waals surface area contributed by atoms with Gasteiger partial charge in [0.05, 0.1) is 4.70 Å². The maximum atomic E-state index is 11.0. The molecule has 2 rings (SSSR count). The van der Waals surface area contributed by atoms with Crippen LogP contribution < -0.4 is 11.3 Å². The summed E-state index contributed by atoms with van der Waals surface area (Å²) < 4.78 is 1.02. The molecule has 3 N–H and O–H groups in total. The molecular weight excluding hydrogens is 160 g/mol. The van der Waals surface area contributed by atoms with Gasteiger partial charge in [-0.25, -0.2) is 0 Å². The Kier molecular flexibility index (Phi) is 1.22. The Labute approximate surface area is 66.5 Å². The van der Waals surface area contributed by atoms with Crippen molar-refractivity contribution in [1.82, 2.24) is 4.98 Å². The molecule has 0 radical (unpaired) electrons. The second-order valence-corrected chi connectivity index (χ2v) is 3.18. The van der Waals surface area contributed by atoms with Gasteiger partial charge in [-0.15, -0.1) is 11.3 Å². The molecule has 0 unspecified atom stereocenters. The summed E-state index contributed by atoms with van der Waals surface area (Å²) in [7, 11) is 0. The van der Waals surface area contributed by atoms with E-state index in [9.17, 15) is 4.79 Å². The van der Waals surface area contributed by atoms with Gasteiger partial charge < -0.3 is 10.7 Å². The number of nitrogens with one attached hydrogen (secondary N) is 1. The Morgan fingerprint density at radius 2 is 2.36 bits per heavy atom. The van der Waals surface area contributed by atoms with Crippen molar-refractivity contribution in [2.75, 3.05) is 5.73 Å². The first-order chi connectivity index (χ1) is 5.29. The van der Waals surface area contributed by atoms with Crippen LogP contribution in [0.5, 0.6) is 0 Å². The number of aromatic amines is 1. The molecule has 0 aromatic carbocycles. The van der Waals surface area contributed by atoms with Gasteiger partial charge in [0, 0.05) is 11.6 Å². The van der Waals surface area contributed by atoms with Crippen molar-refractivity contribution in [3.05, 3.63) is 28.0 Å². The van der Waals surface area contributed by atoms with Crippen molar-refractivity contribution in [2.24, 2.45) is 0 Å². The fraction of sp³-hybridized carbons (Fsp3) is 0. The van der Waals surface area contributed by atoms with Crippen LogP contribution in [-0.4, -0.2) is 4.98 Å². The van der Waals surface area contributed by atoms with Crippen LogP contribution in [0.1, 0.15) is 0 Å². The molecule has 0 saturated carbocycles. The fourth-order valence-electron chi connectivity index (χ4n) is 0.986. The predicted octanol–water partition coefficient (Wildman–Crippen LogP) is 1.17. The van der Waals surface area contributed by atoms with E-state index in [-0.39, 0.29) is 5.56 Å². The smallest absolute Gasteiger partial charge is 0.271 e. The minimum Gasteiger partial charge on any atom is -0.394 e. The van der Waals surface area contributed by atoms with E-state index < -0.39 is 0 Å². The van der Waals surface area contributed by atoms with Crippen LogP contribution in [-0.2, 0) is 0 Å². The summed E-state index contributed by atoms with van der Waals surface area (Å²) in [6, 6.07) is 1.85. The minimum atomic E-state index is -0.212. The number of fused-ring (bicyclic) bond motifs is 1. The molecule has 0 aliphatic heterocycles. The maximum Gasteiger partial charge on any atom is 0.271 e. The highest BCUT2D eigenvalue weighted by atomic mass is 32.1. The van der Waals surface area contributed by atoms with Gasteiger partial charge in [-0.2, -0.15) is 0 Å². The van der Waals surface area contributed by atoms with E-state index in [1.165, 1.54) is 0 Å². The Hall–Kier alpha value is -1.29. The molecule has 0 aliphatic carbocycles. The lowest BCUT2D eigenvalue weighted by Gasteiger charge is -1.91. The number of nitrogens with two attached hydrogens (primary N) is 1. The summed E-state index contributed by atoms with van der Waals surface area (Å²) in [5.41, 5.74) is 5.62. The Balaban J connectivity index is 3.04. The largest absolute Gasteiger partial charge is 0.394 e. The number of pyridine rings is 1. The Morgan fingerprint density at radius 1 is 1.55 bits per heavy atom. The molecule has 0 saturated heterocycles. The van der Waals surface area contributed by atoms with Crippen molar-refractivity contribution in [3.63, 3.8) is 0 Å². The molecule has 0 aliphatic rings. The molecule has 2 heterocycles. The zero-order chi connectivity index (χ0) is 7.84. The van der Waals surface area contributed by atoms with E-state index in [0.717, 1.165) is 10.1 Å². The average Bonchev–Trinajstić information content (AvgIpc) is 2.45. The van der Waals surface area contributed by atoms with Gasteiger partial charge in [0.2, 0.25) is 0 Å². The van der Waals surface area contributed by atoms with Crippen LogP contribution >= 0.6 is 11.3 Å². The molecule has 56 valence electrons. The van der Waals surface area contributed by atoms with Crippen molar-refractivity contribution in [1.29, 1.82) is 0 Å². The summed E-state index contributed by atoms with van der Waals surface area (Å²) in [6.07, 6.45) is 1.68. The van der Waals surface area contributed by atoms with Gasteiger partial charge in [-0.05, 0) is 11.4 Å².